The molecule has 3 aromatic rings. The number of hydrogen-bond acceptors (Lipinski definition) is 10. The summed E-state index contributed by atoms with van der Waals surface area (Å²) in [5.74, 6) is 1.60. The van der Waals surface area contributed by atoms with Gasteiger partial charge in [0.1, 0.15) is 18.1 Å². The third-order valence-electron chi connectivity index (χ3n) is 8.68. The van der Waals surface area contributed by atoms with E-state index in [4.69, 9.17) is 16.2 Å². The molecule has 2 bridgehead atoms. The van der Waals surface area contributed by atoms with E-state index >= 15 is 0 Å². The zero-order valence-corrected chi connectivity index (χ0v) is 27.6. The van der Waals surface area contributed by atoms with Crippen molar-refractivity contribution >= 4 is 60.3 Å². The van der Waals surface area contributed by atoms with Crippen LogP contribution in [0.5, 0.6) is 11.5 Å². The molecule has 6 rings (SSSR count). The molecule has 14 heteroatoms. The highest BCUT2D eigenvalue weighted by atomic mass is 35.5. The number of amides is 1. The lowest BCUT2D eigenvalue weighted by Crippen LogP contribution is -2.54. The second-order valence-electron chi connectivity index (χ2n) is 11.3. The number of hydrogen-bond donors (Lipinski definition) is 3. The Hall–Kier alpha value is -3.22. The number of phenols is 1. The molecular weight excluding hydrogens is 639 g/mol. The molecule has 2 aromatic carbocycles. The molecule has 45 heavy (non-hydrogen) atoms. The van der Waals surface area contributed by atoms with Gasteiger partial charge in [0.15, 0.2) is 5.82 Å². The summed E-state index contributed by atoms with van der Waals surface area (Å²) in [5, 5.41) is 18.8. The Morgan fingerprint density at radius 1 is 0.933 bits per heavy atom. The van der Waals surface area contributed by atoms with Crippen molar-refractivity contribution in [3.05, 3.63) is 54.6 Å². The first-order chi connectivity index (χ1) is 20.5. The van der Waals surface area contributed by atoms with Crippen LogP contribution in [0.25, 0.3) is 11.3 Å². The van der Waals surface area contributed by atoms with Gasteiger partial charge in [-0.1, -0.05) is 18.2 Å². The summed E-state index contributed by atoms with van der Waals surface area (Å²) in [6.07, 6.45) is 2.64. The lowest BCUT2D eigenvalue weighted by molar-refractivity contribution is -0.132. The van der Waals surface area contributed by atoms with Gasteiger partial charge in [0.2, 0.25) is 5.91 Å². The second-order valence-corrected chi connectivity index (χ2v) is 11.3. The van der Waals surface area contributed by atoms with Crippen LogP contribution in [0.1, 0.15) is 19.3 Å². The van der Waals surface area contributed by atoms with Crippen molar-refractivity contribution < 1.29 is 14.6 Å². The number of rotatable bonds is 9. The molecule has 4 heterocycles. The number of fused-ring (bicyclic) bond motifs is 2. The Morgan fingerprint density at radius 3 is 2.33 bits per heavy atom. The Balaban J connectivity index is 0.00000184. The number of phenolic OH excluding ortho intramolecular Hbond substituents is 1. The number of aromatic hydroxyl groups is 1. The first-order valence-electron chi connectivity index (χ1n) is 14.9. The van der Waals surface area contributed by atoms with E-state index in [1.54, 1.807) is 12.1 Å². The maximum atomic E-state index is 12.1. The van der Waals surface area contributed by atoms with E-state index in [9.17, 15) is 9.90 Å². The second kappa shape index (κ2) is 16.4. The molecular formula is C31H43Cl3N8O3. The van der Waals surface area contributed by atoms with Crippen LogP contribution in [0.4, 0.5) is 17.2 Å². The molecule has 3 saturated heterocycles. The number of aromatic nitrogens is 2. The number of nitrogen functional groups attached to an aromatic ring is 1. The van der Waals surface area contributed by atoms with Crippen LogP contribution in [0.3, 0.4) is 0 Å². The smallest absolute Gasteiger partial charge is 0.223 e. The average Bonchev–Trinajstić information content (AvgIpc) is 3.27. The van der Waals surface area contributed by atoms with Crippen molar-refractivity contribution in [3.8, 4) is 22.8 Å². The first kappa shape index (κ1) is 36.3. The SMILES string of the molecule is Cl.Cl.Cl.NCCC(=O)N1CCN(CCOc2cccc(N3C4CCC3CN(c3cc(-c5ccccc5O)nnc3N)C4)c2)CC1. The minimum atomic E-state index is 0. The van der Waals surface area contributed by atoms with Gasteiger partial charge in [0.25, 0.3) is 0 Å². The minimum absolute atomic E-state index is 0. The van der Waals surface area contributed by atoms with E-state index in [0.717, 1.165) is 70.1 Å². The Morgan fingerprint density at radius 2 is 1.64 bits per heavy atom. The molecule has 0 aliphatic carbocycles. The topological polar surface area (TPSA) is 137 Å². The molecule has 3 aliphatic heterocycles. The van der Waals surface area contributed by atoms with Crippen LogP contribution in [-0.4, -0.2) is 102 Å². The quantitative estimate of drug-likeness (QED) is 0.308. The highest BCUT2D eigenvalue weighted by Crippen LogP contribution is 2.39. The average molecular weight is 682 g/mol. The van der Waals surface area contributed by atoms with Crippen molar-refractivity contribution in [1.29, 1.82) is 0 Å². The van der Waals surface area contributed by atoms with Crippen LogP contribution in [0.15, 0.2) is 54.6 Å². The summed E-state index contributed by atoms with van der Waals surface area (Å²) >= 11 is 0. The zero-order chi connectivity index (χ0) is 29.1. The van der Waals surface area contributed by atoms with Gasteiger partial charge in [-0.15, -0.1) is 47.4 Å². The van der Waals surface area contributed by atoms with Crippen molar-refractivity contribution in [2.75, 3.05) is 74.5 Å². The number of para-hydroxylation sites is 1. The van der Waals surface area contributed by atoms with Gasteiger partial charge in [-0.3, -0.25) is 9.69 Å². The van der Waals surface area contributed by atoms with Gasteiger partial charge in [-0.2, -0.15) is 0 Å². The molecule has 1 aromatic heterocycles. The standard InChI is InChI=1S/C31H40N8O3.3ClH/c32-11-10-30(41)37-14-12-36(13-15-37)16-17-42-25-5-3-4-22(18-25)39-23-8-9-24(39)21-38(20-23)28-19-27(34-35-31(28)33)26-6-1-2-7-29(26)40;;;/h1-7,18-19,23-24,40H,8-17,20-21,32H2,(H2,33,35);3*1H. The van der Waals surface area contributed by atoms with Crippen LogP contribution < -0.4 is 26.0 Å². The van der Waals surface area contributed by atoms with Gasteiger partial charge >= 0.3 is 0 Å². The molecule has 5 N–H and O–H groups in total. The van der Waals surface area contributed by atoms with Crippen LogP contribution in [0, 0.1) is 0 Å². The van der Waals surface area contributed by atoms with E-state index in [-0.39, 0.29) is 48.9 Å². The maximum Gasteiger partial charge on any atom is 0.223 e. The monoisotopic (exact) mass is 680 g/mol. The number of piperazine rings is 2. The van der Waals surface area contributed by atoms with Gasteiger partial charge in [-0.05, 0) is 43.2 Å². The molecule has 246 valence electrons. The summed E-state index contributed by atoms with van der Waals surface area (Å²) in [5.41, 5.74) is 15.1. The minimum Gasteiger partial charge on any atom is -0.507 e. The Labute approximate surface area is 283 Å². The number of carbonyl (C=O) groups is 1. The molecule has 3 fully saturated rings. The number of nitrogens with zero attached hydrogens (tertiary/aromatic N) is 6. The third kappa shape index (κ3) is 8.14. The lowest BCUT2D eigenvalue weighted by atomic mass is 10.1. The van der Waals surface area contributed by atoms with Crippen molar-refractivity contribution in [3.63, 3.8) is 0 Å². The Bertz CT molecular complexity index is 1400. The maximum absolute atomic E-state index is 12.1. The van der Waals surface area contributed by atoms with Crippen LogP contribution in [-0.2, 0) is 4.79 Å². The highest BCUT2D eigenvalue weighted by molar-refractivity contribution is 5.86. The predicted molar refractivity (Wildman–Crippen MR) is 185 cm³/mol. The van der Waals surface area contributed by atoms with E-state index < -0.39 is 0 Å². The number of nitrogens with two attached hydrogens (primary N) is 2. The van der Waals surface area contributed by atoms with Crippen molar-refractivity contribution in [2.24, 2.45) is 5.73 Å². The number of benzene rings is 2. The number of anilines is 3. The fourth-order valence-electron chi connectivity index (χ4n) is 6.52. The molecule has 0 radical (unpaired) electrons. The van der Waals surface area contributed by atoms with E-state index in [0.29, 0.717) is 48.7 Å². The molecule has 0 spiro atoms. The lowest BCUT2D eigenvalue weighted by Gasteiger charge is -2.43. The number of halogens is 3. The summed E-state index contributed by atoms with van der Waals surface area (Å²) in [4.78, 5) is 21.2. The number of ether oxygens (including phenoxy) is 1. The first-order valence-corrected chi connectivity index (χ1v) is 14.9. The van der Waals surface area contributed by atoms with Crippen LogP contribution >= 0.6 is 37.2 Å². The van der Waals surface area contributed by atoms with Gasteiger partial charge in [-0.25, -0.2) is 0 Å². The third-order valence-corrected chi connectivity index (χ3v) is 8.68. The summed E-state index contributed by atoms with van der Waals surface area (Å²) in [6.45, 7) is 6.72. The van der Waals surface area contributed by atoms with Gasteiger partial charge in [0.05, 0.1) is 11.4 Å². The molecule has 2 atom stereocenters. The Kier molecular flexibility index (Phi) is 13.2. The molecule has 1 amide bonds. The molecule has 2 unspecified atom stereocenters. The van der Waals surface area contributed by atoms with Gasteiger partial charge in [0, 0.05) is 88.2 Å². The summed E-state index contributed by atoms with van der Waals surface area (Å²) < 4.78 is 6.19. The highest BCUT2D eigenvalue weighted by Gasteiger charge is 2.40. The summed E-state index contributed by atoms with van der Waals surface area (Å²) in [7, 11) is 0. The number of carbonyl (C=O) groups excluding carboxylic acids is 1. The van der Waals surface area contributed by atoms with Gasteiger partial charge < -0.3 is 36.0 Å². The van der Waals surface area contributed by atoms with E-state index in [2.05, 4.69) is 43.1 Å². The summed E-state index contributed by atoms with van der Waals surface area (Å²) in [6, 6.07) is 18.2. The van der Waals surface area contributed by atoms with Crippen molar-refractivity contribution in [2.45, 2.75) is 31.3 Å². The van der Waals surface area contributed by atoms with Crippen molar-refractivity contribution in [1.82, 2.24) is 20.0 Å². The van der Waals surface area contributed by atoms with Crippen LogP contribution in [0.2, 0.25) is 0 Å². The largest absolute Gasteiger partial charge is 0.507 e. The fraction of sp³-hybridized carbons (Fsp3) is 0.452. The predicted octanol–water partition coefficient (Wildman–Crippen LogP) is 3.43. The normalized spacial score (nSPS) is 19.3. The zero-order valence-electron chi connectivity index (χ0n) is 25.2. The molecule has 11 nitrogen and oxygen atoms in total. The van der Waals surface area contributed by atoms with E-state index in [1.165, 1.54) is 5.69 Å². The fourth-order valence-corrected chi connectivity index (χ4v) is 6.52. The molecule has 0 saturated carbocycles. The van der Waals surface area contributed by atoms with E-state index in [1.807, 2.05) is 29.2 Å². The molecule has 3 aliphatic rings.